The molecule has 1 aromatic carbocycles. The molecule has 4 atom stereocenters. The van der Waals surface area contributed by atoms with Crippen molar-refractivity contribution in [2.75, 3.05) is 39.3 Å². The Morgan fingerprint density at radius 1 is 0.824 bits per heavy atom. The van der Waals surface area contributed by atoms with E-state index in [0.717, 1.165) is 70.3 Å². The van der Waals surface area contributed by atoms with Gasteiger partial charge < -0.3 is 20.4 Å². The molecule has 3 N–H and O–H groups in total. The van der Waals surface area contributed by atoms with Gasteiger partial charge in [0.25, 0.3) is 0 Å². The van der Waals surface area contributed by atoms with Gasteiger partial charge in [0, 0.05) is 50.3 Å². The SMILES string of the molecule is C[C@H]1CN=C(N)N1CC1CCCN1C[C@@H](CC1CCCCC1)N1C[C@H](CC2CCCCC2)N(CCc2cc(C(F)(F)F)cc(C(F)(F)F)c2)C1=N. The maximum absolute atomic E-state index is 13.7. The van der Waals surface area contributed by atoms with Crippen LogP contribution in [0.25, 0.3) is 0 Å². The van der Waals surface area contributed by atoms with Gasteiger partial charge in [0.2, 0.25) is 0 Å². The number of aliphatic imine (C=N–C) groups is 1. The largest absolute Gasteiger partial charge is 0.416 e. The second-order valence-corrected chi connectivity index (χ2v) is 16.1. The van der Waals surface area contributed by atoms with Crippen LogP contribution < -0.4 is 5.73 Å². The van der Waals surface area contributed by atoms with Crippen molar-refractivity contribution in [3.05, 3.63) is 34.9 Å². The molecule has 3 aliphatic heterocycles. The molecule has 4 fully saturated rings. The number of hydrogen-bond acceptors (Lipinski definition) is 5. The molecule has 13 heteroatoms. The van der Waals surface area contributed by atoms with Gasteiger partial charge in [0.1, 0.15) is 0 Å². The molecule has 3 heterocycles. The lowest BCUT2D eigenvalue weighted by atomic mass is 9.84. The minimum Gasteiger partial charge on any atom is -0.370 e. The highest BCUT2D eigenvalue weighted by Crippen LogP contribution is 2.38. The van der Waals surface area contributed by atoms with Crippen LogP contribution in [0.4, 0.5) is 26.3 Å². The number of nitrogens with one attached hydrogen (secondary N) is 1. The molecule has 2 aliphatic carbocycles. The molecule has 5 aliphatic rings. The predicted molar refractivity (Wildman–Crippen MR) is 189 cm³/mol. The number of likely N-dealkylation sites (tertiary alicyclic amines) is 1. The second kappa shape index (κ2) is 16.1. The maximum Gasteiger partial charge on any atom is 0.416 e. The summed E-state index contributed by atoms with van der Waals surface area (Å²) in [5.41, 5.74) is 3.71. The van der Waals surface area contributed by atoms with Crippen LogP contribution in [-0.4, -0.2) is 95.0 Å². The molecule has 286 valence electrons. The Morgan fingerprint density at radius 3 is 2.04 bits per heavy atom. The van der Waals surface area contributed by atoms with Crippen LogP contribution in [0.15, 0.2) is 23.2 Å². The van der Waals surface area contributed by atoms with E-state index in [2.05, 4.69) is 26.6 Å². The summed E-state index contributed by atoms with van der Waals surface area (Å²) in [6.45, 7) is 6.39. The molecule has 7 nitrogen and oxygen atoms in total. The molecule has 2 saturated carbocycles. The first-order valence-electron chi connectivity index (χ1n) is 19.5. The molecular formula is C38H57F6N7. The standard InChI is InChI=1S/C38H57F6N7/c1-26-22-47-35(45)50(26)24-32-13-8-15-48(32)23-33(19-27-9-4-2-5-10-27)51-25-34(20-28-11-6-3-7-12-28)49(36(51)46)16-14-29-17-30(37(39,40)41)21-31(18-29)38(42,43)44/h17-18,21,26-28,32-34,46H,2-16,19-20,22-25H2,1H3,(H2,45,47)/t26-,32?,33+,34-/m0/s1. The van der Waals surface area contributed by atoms with Crippen molar-refractivity contribution < 1.29 is 26.3 Å². The third-order valence-electron chi connectivity index (χ3n) is 12.5. The van der Waals surface area contributed by atoms with E-state index in [9.17, 15) is 31.8 Å². The van der Waals surface area contributed by atoms with Crippen molar-refractivity contribution in [3.63, 3.8) is 0 Å². The fourth-order valence-corrected chi connectivity index (χ4v) is 9.65. The molecule has 51 heavy (non-hydrogen) atoms. The molecule has 0 aromatic heterocycles. The Labute approximate surface area is 299 Å². The first kappa shape index (κ1) is 38.0. The highest BCUT2D eigenvalue weighted by Gasteiger charge is 2.42. The molecule has 2 saturated heterocycles. The van der Waals surface area contributed by atoms with Crippen LogP contribution >= 0.6 is 0 Å². The van der Waals surface area contributed by atoms with Crippen LogP contribution in [0.1, 0.15) is 114 Å². The van der Waals surface area contributed by atoms with Crippen molar-refractivity contribution in [1.29, 1.82) is 5.41 Å². The predicted octanol–water partition coefficient (Wildman–Crippen LogP) is 7.98. The third kappa shape index (κ3) is 9.46. The van der Waals surface area contributed by atoms with Crippen LogP contribution in [0, 0.1) is 17.2 Å². The number of nitrogens with two attached hydrogens (primary N) is 1. The van der Waals surface area contributed by atoms with Gasteiger partial charge in [0.05, 0.1) is 17.7 Å². The van der Waals surface area contributed by atoms with Crippen LogP contribution in [-0.2, 0) is 18.8 Å². The third-order valence-corrected chi connectivity index (χ3v) is 12.5. The Kier molecular flexibility index (Phi) is 12.0. The normalized spacial score (nSPS) is 26.8. The van der Waals surface area contributed by atoms with Crippen molar-refractivity contribution in [2.24, 2.45) is 22.6 Å². The lowest BCUT2D eigenvalue weighted by molar-refractivity contribution is -0.143. The maximum atomic E-state index is 13.7. The van der Waals surface area contributed by atoms with Crippen molar-refractivity contribution in [1.82, 2.24) is 19.6 Å². The smallest absolute Gasteiger partial charge is 0.370 e. The Balaban J connectivity index is 1.24. The molecule has 0 spiro atoms. The lowest BCUT2D eigenvalue weighted by Gasteiger charge is -2.39. The number of hydrogen-bond donors (Lipinski definition) is 2. The fourth-order valence-electron chi connectivity index (χ4n) is 9.65. The van der Waals surface area contributed by atoms with E-state index in [-0.39, 0.29) is 42.7 Å². The van der Waals surface area contributed by atoms with Crippen LogP contribution in [0.2, 0.25) is 0 Å². The van der Waals surface area contributed by atoms with E-state index in [0.29, 0.717) is 42.9 Å². The molecule has 0 radical (unpaired) electrons. The number of halogens is 6. The van der Waals surface area contributed by atoms with Crippen LogP contribution in [0.3, 0.4) is 0 Å². The first-order chi connectivity index (χ1) is 24.3. The van der Waals surface area contributed by atoms with E-state index in [1.54, 1.807) is 0 Å². The molecule has 1 aromatic rings. The summed E-state index contributed by atoms with van der Waals surface area (Å²) >= 11 is 0. The highest BCUT2D eigenvalue weighted by molar-refractivity contribution is 5.80. The average Bonchev–Trinajstić information content (AvgIpc) is 3.76. The van der Waals surface area contributed by atoms with Crippen LogP contribution in [0.5, 0.6) is 0 Å². The summed E-state index contributed by atoms with van der Waals surface area (Å²) in [4.78, 5) is 13.5. The highest BCUT2D eigenvalue weighted by atomic mass is 19.4. The van der Waals surface area contributed by atoms with E-state index in [1.807, 2.05) is 4.90 Å². The minimum atomic E-state index is -4.89. The van der Waals surface area contributed by atoms with Crippen molar-refractivity contribution in [3.8, 4) is 0 Å². The summed E-state index contributed by atoms with van der Waals surface area (Å²) in [5.74, 6) is 2.08. The summed E-state index contributed by atoms with van der Waals surface area (Å²) in [6.07, 6.45) is 6.19. The molecule has 1 unspecified atom stereocenters. The lowest BCUT2D eigenvalue weighted by Crippen LogP contribution is -2.52. The first-order valence-corrected chi connectivity index (χ1v) is 19.5. The Bertz CT molecular complexity index is 1320. The topological polar surface area (TPSA) is 75.2 Å². The monoisotopic (exact) mass is 725 g/mol. The number of benzene rings is 1. The Morgan fingerprint density at radius 2 is 1.45 bits per heavy atom. The van der Waals surface area contributed by atoms with Gasteiger partial charge in [-0.3, -0.25) is 15.3 Å². The number of nitrogens with zero attached hydrogens (tertiary/aromatic N) is 5. The molecule has 0 bridgehead atoms. The minimum absolute atomic E-state index is 0.00169. The quantitative estimate of drug-likeness (QED) is 0.214. The van der Waals surface area contributed by atoms with Gasteiger partial charge in [-0.25, -0.2) is 0 Å². The van der Waals surface area contributed by atoms with E-state index in [4.69, 9.17) is 5.73 Å². The van der Waals surface area contributed by atoms with Gasteiger partial charge in [-0.2, -0.15) is 26.3 Å². The summed E-state index contributed by atoms with van der Waals surface area (Å²) < 4.78 is 82.2. The zero-order valence-electron chi connectivity index (χ0n) is 30.1. The zero-order valence-corrected chi connectivity index (χ0v) is 30.1. The van der Waals surface area contributed by atoms with Gasteiger partial charge in [0.15, 0.2) is 11.9 Å². The van der Waals surface area contributed by atoms with Gasteiger partial charge in [-0.1, -0.05) is 64.2 Å². The molecule has 0 amide bonds. The number of guanidine groups is 2. The van der Waals surface area contributed by atoms with Gasteiger partial charge in [-0.05, 0) is 81.2 Å². The number of rotatable bonds is 12. The van der Waals surface area contributed by atoms with Crippen molar-refractivity contribution in [2.45, 2.75) is 140 Å². The van der Waals surface area contributed by atoms with E-state index < -0.39 is 23.5 Å². The number of alkyl halides is 6. The summed E-state index contributed by atoms with van der Waals surface area (Å²) in [5, 5.41) is 9.60. The average molecular weight is 726 g/mol. The second-order valence-electron chi connectivity index (χ2n) is 16.1. The summed E-state index contributed by atoms with van der Waals surface area (Å²) in [6, 6.07) is 2.60. The zero-order chi connectivity index (χ0) is 36.3. The van der Waals surface area contributed by atoms with E-state index in [1.165, 1.54) is 51.4 Å². The van der Waals surface area contributed by atoms with Gasteiger partial charge >= 0.3 is 12.4 Å². The van der Waals surface area contributed by atoms with E-state index >= 15 is 0 Å². The Hall–Kier alpha value is -2.70. The van der Waals surface area contributed by atoms with Crippen molar-refractivity contribution >= 4 is 11.9 Å². The summed E-state index contributed by atoms with van der Waals surface area (Å²) in [7, 11) is 0. The molecular weight excluding hydrogens is 668 g/mol. The van der Waals surface area contributed by atoms with Gasteiger partial charge in [-0.15, -0.1) is 0 Å². The fraction of sp³-hybridized carbons (Fsp3) is 0.789. The molecule has 6 rings (SSSR count).